The molecule has 0 N–H and O–H groups in total. The number of anilines is 1. The summed E-state index contributed by atoms with van der Waals surface area (Å²) >= 11 is 0. The van der Waals surface area contributed by atoms with Crippen LogP contribution < -0.4 is 4.90 Å². The fraction of sp³-hybridized carbons (Fsp3) is 0.462. The summed E-state index contributed by atoms with van der Waals surface area (Å²) < 4.78 is 0. The molecule has 0 spiro atoms. The Kier molecular flexibility index (Phi) is 3.92. The summed E-state index contributed by atoms with van der Waals surface area (Å²) in [5, 5.41) is 10.8. The molecule has 0 bridgehead atoms. The number of aldehydes is 1. The fourth-order valence-electron chi connectivity index (χ4n) is 2.33. The van der Waals surface area contributed by atoms with Gasteiger partial charge < -0.3 is 4.90 Å². The summed E-state index contributed by atoms with van der Waals surface area (Å²) in [5.41, 5.74) is 0.940. The highest BCUT2D eigenvalue weighted by Crippen LogP contribution is 2.25. The third-order valence-electron chi connectivity index (χ3n) is 3.31. The van der Waals surface area contributed by atoms with Crippen LogP contribution in [-0.4, -0.2) is 24.3 Å². The molecule has 0 saturated carbocycles. The molecule has 1 aromatic rings. The van der Waals surface area contributed by atoms with Gasteiger partial charge in [-0.05, 0) is 25.0 Å². The summed E-state index contributed by atoms with van der Waals surface area (Å²) in [6.45, 7) is 1.91. The summed E-state index contributed by atoms with van der Waals surface area (Å²) in [6.07, 6.45) is 5.27. The Balaban J connectivity index is 2.28. The minimum Gasteiger partial charge on any atom is -0.372 e. The first-order valence-corrected chi connectivity index (χ1v) is 6.21. The van der Waals surface area contributed by atoms with Gasteiger partial charge in [0, 0.05) is 24.8 Å². The van der Waals surface area contributed by atoms with Crippen molar-refractivity contribution < 1.29 is 9.72 Å². The van der Waals surface area contributed by atoms with Crippen LogP contribution in [0.3, 0.4) is 0 Å². The summed E-state index contributed by atoms with van der Waals surface area (Å²) in [7, 11) is 0. The molecule has 0 aromatic heterocycles. The van der Waals surface area contributed by atoms with E-state index in [1.807, 2.05) is 0 Å². The lowest BCUT2D eigenvalue weighted by molar-refractivity contribution is -0.385. The zero-order valence-electron chi connectivity index (χ0n) is 10.2. The molecule has 1 aliphatic rings. The summed E-state index contributed by atoms with van der Waals surface area (Å²) in [6, 6.07) is 4.77. The lowest BCUT2D eigenvalue weighted by Gasteiger charge is -2.22. The number of rotatable bonds is 3. The maximum atomic E-state index is 10.9. The molecule has 0 aliphatic carbocycles. The summed E-state index contributed by atoms with van der Waals surface area (Å²) in [4.78, 5) is 23.3. The Morgan fingerprint density at radius 3 is 2.39 bits per heavy atom. The van der Waals surface area contributed by atoms with E-state index in [9.17, 15) is 14.9 Å². The molecule has 5 heteroatoms. The normalized spacial score (nSPS) is 16.1. The molecule has 1 fully saturated rings. The summed E-state index contributed by atoms with van der Waals surface area (Å²) in [5.74, 6) is 0. The first-order chi connectivity index (χ1) is 8.72. The molecule has 2 rings (SSSR count). The van der Waals surface area contributed by atoms with Crippen LogP contribution in [0, 0.1) is 10.1 Å². The van der Waals surface area contributed by atoms with Crippen LogP contribution >= 0.6 is 0 Å². The van der Waals surface area contributed by atoms with Crippen molar-refractivity contribution in [1.29, 1.82) is 0 Å². The topological polar surface area (TPSA) is 63.5 Å². The standard InChI is InChI=1S/C13H16N2O3/c16-10-11-9-12(5-6-13(11)15(17)18)14-7-3-1-2-4-8-14/h5-6,9-10H,1-4,7-8H2. The first kappa shape index (κ1) is 12.5. The Labute approximate surface area is 106 Å². The van der Waals surface area contributed by atoms with Crippen molar-refractivity contribution >= 4 is 17.7 Å². The second-order valence-electron chi connectivity index (χ2n) is 4.52. The van der Waals surface area contributed by atoms with Crippen molar-refractivity contribution in [2.45, 2.75) is 25.7 Å². The van der Waals surface area contributed by atoms with E-state index >= 15 is 0 Å². The van der Waals surface area contributed by atoms with Gasteiger partial charge >= 0.3 is 0 Å². The zero-order chi connectivity index (χ0) is 13.0. The molecule has 1 heterocycles. The molecule has 1 saturated heterocycles. The lowest BCUT2D eigenvalue weighted by Crippen LogP contribution is -2.23. The Hall–Kier alpha value is -1.91. The van der Waals surface area contributed by atoms with E-state index in [1.165, 1.54) is 18.9 Å². The maximum absolute atomic E-state index is 10.9. The molecule has 96 valence electrons. The highest BCUT2D eigenvalue weighted by Gasteiger charge is 2.16. The van der Waals surface area contributed by atoms with E-state index in [0.29, 0.717) is 6.29 Å². The molecule has 0 unspecified atom stereocenters. The van der Waals surface area contributed by atoms with Gasteiger partial charge in [-0.15, -0.1) is 0 Å². The molecule has 1 aromatic carbocycles. The van der Waals surface area contributed by atoms with Gasteiger partial charge in [-0.25, -0.2) is 0 Å². The number of carbonyl (C=O) groups is 1. The van der Waals surface area contributed by atoms with Crippen LogP contribution in [0.15, 0.2) is 18.2 Å². The van der Waals surface area contributed by atoms with Gasteiger partial charge in [0.2, 0.25) is 0 Å². The van der Waals surface area contributed by atoms with Crippen LogP contribution in [0.2, 0.25) is 0 Å². The lowest BCUT2D eigenvalue weighted by atomic mass is 10.1. The largest absolute Gasteiger partial charge is 0.372 e. The van der Waals surface area contributed by atoms with Gasteiger partial charge in [-0.1, -0.05) is 12.8 Å². The third kappa shape index (κ3) is 2.67. The molecule has 0 radical (unpaired) electrons. The van der Waals surface area contributed by atoms with Crippen molar-refractivity contribution in [2.75, 3.05) is 18.0 Å². The predicted octanol–water partition coefficient (Wildman–Crippen LogP) is 2.79. The van der Waals surface area contributed by atoms with Crippen molar-refractivity contribution in [3.05, 3.63) is 33.9 Å². The molecule has 1 aliphatic heterocycles. The van der Waals surface area contributed by atoms with Gasteiger partial charge in [0.15, 0.2) is 6.29 Å². The van der Waals surface area contributed by atoms with Crippen LogP contribution in [0.1, 0.15) is 36.0 Å². The van der Waals surface area contributed by atoms with Crippen LogP contribution in [-0.2, 0) is 0 Å². The van der Waals surface area contributed by atoms with Gasteiger partial charge in [-0.3, -0.25) is 14.9 Å². The quantitative estimate of drug-likeness (QED) is 0.468. The molecular weight excluding hydrogens is 232 g/mol. The Morgan fingerprint density at radius 1 is 1.17 bits per heavy atom. The van der Waals surface area contributed by atoms with Crippen LogP contribution in [0.5, 0.6) is 0 Å². The number of nitro groups is 1. The second-order valence-corrected chi connectivity index (χ2v) is 4.52. The highest BCUT2D eigenvalue weighted by molar-refractivity contribution is 5.83. The van der Waals surface area contributed by atoms with E-state index in [4.69, 9.17) is 0 Å². The smallest absolute Gasteiger partial charge is 0.280 e. The van der Waals surface area contributed by atoms with Crippen molar-refractivity contribution in [2.24, 2.45) is 0 Å². The Morgan fingerprint density at radius 2 is 1.83 bits per heavy atom. The molecular formula is C13H16N2O3. The van der Waals surface area contributed by atoms with Gasteiger partial charge in [0.1, 0.15) is 0 Å². The number of nitrogens with zero attached hydrogens (tertiary/aromatic N) is 2. The first-order valence-electron chi connectivity index (χ1n) is 6.21. The van der Waals surface area contributed by atoms with Crippen molar-refractivity contribution in [3.63, 3.8) is 0 Å². The molecule has 18 heavy (non-hydrogen) atoms. The Bertz CT molecular complexity index is 452. The third-order valence-corrected chi connectivity index (χ3v) is 3.31. The van der Waals surface area contributed by atoms with Crippen molar-refractivity contribution in [1.82, 2.24) is 0 Å². The van der Waals surface area contributed by atoms with Crippen molar-refractivity contribution in [3.8, 4) is 0 Å². The van der Waals surface area contributed by atoms with Crippen LogP contribution in [0.25, 0.3) is 0 Å². The van der Waals surface area contributed by atoms with Gasteiger partial charge in [0.25, 0.3) is 5.69 Å². The van der Waals surface area contributed by atoms with E-state index in [0.717, 1.165) is 31.6 Å². The number of hydrogen-bond acceptors (Lipinski definition) is 4. The van der Waals surface area contributed by atoms with E-state index in [2.05, 4.69) is 4.90 Å². The van der Waals surface area contributed by atoms with E-state index < -0.39 is 4.92 Å². The van der Waals surface area contributed by atoms with Gasteiger partial charge in [-0.2, -0.15) is 0 Å². The number of hydrogen-bond donors (Lipinski definition) is 0. The fourth-order valence-corrected chi connectivity index (χ4v) is 2.33. The SMILES string of the molecule is O=Cc1cc(N2CCCCCC2)ccc1[N+](=O)[O-]. The average Bonchev–Trinajstić information content (AvgIpc) is 2.66. The zero-order valence-corrected chi connectivity index (χ0v) is 10.2. The maximum Gasteiger partial charge on any atom is 0.280 e. The van der Waals surface area contributed by atoms with Gasteiger partial charge in [0.05, 0.1) is 10.5 Å². The minimum absolute atomic E-state index is 0.122. The average molecular weight is 248 g/mol. The highest BCUT2D eigenvalue weighted by atomic mass is 16.6. The number of benzene rings is 1. The second kappa shape index (κ2) is 5.62. The van der Waals surface area contributed by atoms with E-state index in [-0.39, 0.29) is 11.3 Å². The minimum atomic E-state index is -0.518. The molecule has 0 atom stereocenters. The molecule has 5 nitrogen and oxygen atoms in total. The number of carbonyl (C=O) groups excluding carboxylic acids is 1. The predicted molar refractivity (Wildman–Crippen MR) is 69.2 cm³/mol. The molecule has 0 amide bonds. The van der Waals surface area contributed by atoms with Crippen LogP contribution in [0.4, 0.5) is 11.4 Å². The monoisotopic (exact) mass is 248 g/mol. The van der Waals surface area contributed by atoms with E-state index in [1.54, 1.807) is 12.1 Å². The number of nitro benzene ring substituents is 1.